The zero-order chi connectivity index (χ0) is 24.8. The number of aldehydes is 3. The van der Waals surface area contributed by atoms with Crippen LogP contribution in [0.2, 0.25) is 0 Å². The average molecular weight is 509 g/mol. The third kappa shape index (κ3) is 8.86. The van der Waals surface area contributed by atoms with Gasteiger partial charge in [-0.15, -0.1) is 0 Å². The maximum atomic E-state index is 10.7. The Hall–Kier alpha value is -4.61. The van der Waals surface area contributed by atoms with Crippen LogP contribution < -0.4 is 0 Å². The zero-order valence-corrected chi connectivity index (χ0v) is 18.0. The summed E-state index contributed by atoms with van der Waals surface area (Å²) in [6.07, 6.45) is 13.0. The van der Waals surface area contributed by atoms with E-state index in [2.05, 4.69) is 15.5 Å². The van der Waals surface area contributed by atoms with Gasteiger partial charge in [0, 0.05) is 33.8 Å². The van der Waals surface area contributed by atoms with E-state index >= 15 is 0 Å². The molecule has 0 bridgehead atoms. The molecule has 3 aliphatic carbocycles. The molecule has 0 aromatic rings. The molecule has 0 amide bonds. The Morgan fingerprint density at radius 3 is 0.912 bits per heavy atom. The summed E-state index contributed by atoms with van der Waals surface area (Å²) in [5.74, 6) is -1.21. The number of nitrogens with zero attached hydrogens (tertiary/aromatic N) is 3. The van der Waals surface area contributed by atoms with E-state index in [1.54, 1.807) is 0 Å². The maximum absolute atomic E-state index is 10.7. The number of allylic oxidation sites excluding steroid dienone is 12. The standard InChI is InChI=1S/3C7H5NO3.Fe/c3*9-4-5-1-2-7(10)6(3-5)8-11;/h3*1-4,11H;. The van der Waals surface area contributed by atoms with Gasteiger partial charge in [-0.1, -0.05) is 15.5 Å². The zero-order valence-electron chi connectivity index (χ0n) is 16.9. The molecule has 0 heterocycles. The van der Waals surface area contributed by atoms with Crippen molar-refractivity contribution in [1.29, 1.82) is 0 Å². The van der Waals surface area contributed by atoms with Crippen LogP contribution in [0, 0.1) is 0 Å². The minimum atomic E-state index is -0.405. The van der Waals surface area contributed by atoms with Crippen LogP contribution in [0.4, 0.5) is 0 Å². The quantitative estimate of drug-likeness (QED) is 0.157. The fourth-order valence-electron chi connectivity index (χ4n) is 2.06. The van der Waals surface area contributed by atoms with Gasteiger partial charge < -0.3 is 15.6 Å². The van der Waals surface area contributed by atoms with E-state index in [-0.39, 0.29) is 34.2 Å². The van der Waals surface area contributed by atoms with Crippen LogP contribution >= 0.6 is 0 Å². The Labute approximate surface area is 201 Å². The van der Waals surface area contributed by atoms with Crippen LogP contribution in [-0.2, 0) is 45.8 Å². The third-order valence-corrected chi connectivity index (χ3v) is 3.68. The van der Waals surface area contributed by atoms with Crippen molar-refractivity contribution < 1.29 is 61.5 Å². The van der Waals surface area contributed by atoms with Crippen LogP contribution in [0.1, 0.15) is 0 Å². The topological polar surface area (TPSA) is 200 Å². The van der Waals surface area contributed by atoms with E-state index in [1.807, 2.05) is 0 Å². The number of carbonyl (C=O) groups is 6. The molecule has 0 aliphatic heterocycles. The van der Waals surface area contributed by atoms with Gasteiger partial charge in [0.15, 0.2) is 17.1 Å². The Kier molecular flexibility index (Phi) is 13.2. The first-order chi connectivity index (χ1) is 15.8. The summed E-state index contributed by atoms with van der Waals surface area (Å²) in [5.41, 5.74) is 0.603. The van der Waals surface area contributed by atoms with Crippen LogP contribution in [-0.4, -0.2) is 69.0 Å². The molecule has 0 unspecified atom stereocenters. The van der Waals surface area contributed by atoms with Gasteiger partial charge in [-0.25, -0.2) is 0 Å². The Morgan fingerprint density at radius 2 is 0.735 bits per heavy atom. The maximum Gasteiger partial charge on any atom is 0.207 e. The molecule has 34 heavy (non-hydrogen) atoms. The monoisotopic (exact) mass is 509 g/mol. The summed E-state index contributed by atoms with van der Waals surface area (Å²) < 4.78 is 0. The summed E-state index contributed by atoms with van der Waals surface area (Å²) in [4.78, 5) is 62.7. The van der Waals surface area contributed by atoms with E-state index in [9.17, 15) is 28.8 Å². The summed E-state index contributed by atoms with van der Waals surface area (Å²) in [6.45, 7) is 0. The summed E-state index contributed by atoms with van der Waals surface area (Å²) in [6, 6.07) is 0. The fraction of sp³-hybridized carbons (Fsp3) is 0. The van der Waals surface area contributed by atoms with Gasteiger partial charge in [0.2, 0.25) is 17.3 Å². The van der Waals surface area contributed by atoms with Crippen molar-refractivity contribution in [2.75, 3.05) is 0 Å². The molecule has 3 N–H and O–H groups in total. The van der Waals surface area contributed by atoms with Crippen molar-refractivity contribution in [2.45, 2.75) is 0 Å². The minimum Gasteiger partial charge on any atom is -0.410 e. The Morgan fingerprint density at radius 1 is 0.500 bits per heavy atom. The Bertz CT molecular complexity index is 1010. The number of carbonyl (C=O) groups excluding carboxylic acids is 6. The van der Waals surface area contributed by atoms with Crippen molar-refractivity contribution in [3.05, 3.63) is 71.4 Å². The van der Waals surface area contributed by atoms with Gasteiger partial charge in [0.1, 0.15) is 18.9 Å². The molecule has 0 aromatic heterocycles. The third-order valence-electron chi connectivity index (χ3n) is 3.68. The fourth-order valence-corrected chi connectivity index (χ4v) is 2.06. The van der Waals surface area contributed by atoms with E-state index in [0.29, 0.717) is 35.6 Å². The Balaban J connectivity index is 0.000000473. The second-order valence-electron chi connectivity index (χ2n) is 5.84. The van der Waals surface area contributed by atoms with Gasteiger partial charge in [0.05, 0.1) is 0 Å². The summed E-state index contributed by atoms with van der Waals surface area (Å²) in [5, 5.41) is 32.9. The molecule has 176 valence electrons. The van der Waals surface area contributed by atoms with Crippen LogP contribution in [0.5, 0.6) is 0 Å². The number of ketones is 3. The molecule has 0 saturated carbocycles. The van der Waals surface area contributed by atoms with Gasteiger partial charge in [-0.2, -0.15) is 0 Å². The van der Waals surface area contributed by atoms with Gasteiger partial charge in [-0.3, -0.25) is 28.8 Å². The minimum absolute atomic E-state index is 0. The second-order valence-corrected chi connectivity index (χ2v) is 5.84. The van der Waals surface area contributed by atoms with Crippen molar-refractivity contribution in [3.8, 4) is 0 Å². The number of hydrogen-bond donors (Lipinski definition) is 3. The van der Waals surface area contributed by atoms with E-state index < -0.39 is 17.3 Å². The largest absolute Gasteiger partial charge is 0.410 e. The van der Waals surface area contributed by atoms with Gasteiger partial charge >= 0.3 is 0 Å². The van der Waals surface area contributed by atoms with E-state index in [0.717, 1.165) is 0 Å². The van der Waals surface area contributed by atoms with Crippen molar-refractivity contribution in [1.82, 2.24) is 0 Å². The molecule has 0 aromatic carbocycles. The molecular formula is C21H15FeN3O9. The molecule has 0 radical (unpaired) electrons. The van der Waals surface area contributed by atoms with Gasteiger partial charge in [0.25, 0.3) is 0 Å². The van der Waals surface area contributed by atoms with Crippen LogP contribution in [0.15, 0.2) is 86.9 Å². The van der Waals surface area contributed by atoms with Crippen molar-refractivity contribution in [3.63, 3.8) is 0 Å². The second kappa shape index (κ2) is 15.2. The smallest absolute Gasteiger partial charge is 0.207 e. The average Bonchev–Trinajstić information content (AvgIpc) is 2.85. The number of rotatable bonds is 3. The molecule has 3 aliphatic rings. The molecular weight excluding hydrogens is 494 g/mol. The number of oxime groups is 3. The van der Waals surface area contributed by atoms with E-state index in [1.165, 1.54) is 54.7 Å². The molecule has 0 atom stereocenters. The molecule has 12 nitrogen and oxygen atoms in total. The molecule has 0 spiro atoms. The van der Waals surface area contributed by atoms with Crippen molar-refractivity contribution in [2.24, 2.45) is 15.5 Å². The molecule has 13 heteroatoms. The number of hydrogen-bond acceptors (Lipinski definition) is 12. The first kappa shape index (κ1) is 29.4. The summed E-state index contributed by atoms with van der Waals surface area (Å²) >= 11 is 0. The first-order valence-electron chi connectivity index (χ1n) is 8.67. The predicted octanol–water partition coefficient (Wildman–Crippen LogP) is 0.240. The normalized spacial score (nSPS) is 19.6. The molecule has 0 fully saturated rings. The SMILES string of the molecule is O=CC1=CC(=NO)C(=O)C=C1.O=CC1=CC(=NO)C(=O)C=C1.O=CC1=CC(=NO)C(=O)C=C1.[Fe]. The van der Waals surface area contributed by atoms with Crippen LogP contribution in [0.25, 0.3) is 0 Å². The molecule has 0 saturated heterocycles. The summed E-state index contributed by atoms with van der Waals surface area (Å²) in [7, 11) is 0. The van der Waals surface area contributed by atoms with Gasteiger partial charge in [-0.05, 0) is 54.7 Å². The van der Waals surface area contributed by atoms with Crippen LogP contribution in [0.3, 0.4) is 0 Å². The first-order valence-corrected chi connectivity index (χ1v) is 8.67. The van der Waals surface area contributed by atoms with Crippen molar-refractivity contribution >= 4 is 53.3 Å². The van der Waals surface area contributed by atoms with E-state index in [4.69, 9.17) is 15.6 Å². The molecule has 3 rings (SSSR count). The predicted molar refractivity (Wildman–Crippen MR) is 113 cm³/mol.